The van der Waals surface area contributed by atoms with E-state index in [1.807, 2.05) is 55.4 Å². The van der Waals surface area contributed by atoms with Crippen LogP contribution >= 0.6 is 0 Å². The number of guanidine groups is 1. The van der Waals surface area contributed by atoms with Gasteiger partial charge in [-0.05, 0) is 125 Å². The fraction of sp³-hybridized carbons (Fsp3) is 0.712. The maximum absolute atomic E-state index is 14.7. The van der Waals surface area contributed by atoms with Crippen molar-refractivity contribution in [2.75, 3.05) is 26.2 Å². The zero-order chi connectivity index (χ0) is 64.3. The first-order chi connectivity index (χ1) is 40.1. The molecule has 482 valence electrons. The van der Waals surface area contributed by atoms with Crippen LogP contribution in [0.3, 0.4) is 0 Å². The average molecular weight is 1200 g/mol. The summed E-state index contributed by atoms with van der Waals surface area (Å²) in [5.41, 5.74) is 34.7. The lowest BCUT2D eigenvalue weighted by molar-refractivity contribution is -0.136. The highest BCUT2D eigenvalue weighted by Gasteiger charge is 2.37. The largest absolute Gasteiger partial charge is 0.370 e. The Morgan fingerprint density at radius 2 is 0.776 bits per heavy atom. The van der Waals surface area contributed by atoms with E-state index >= 15 is 0 Å². The van der Waals surface area contributed by atoms with Gasteiger partial charge < -0.3 is 82.3 Å². The number of amides is 10. The van der Waals surface area contributed by atoms with Gasteiger partial charge in [-0.1, -0.05) is 106 Å². The summed E-state index contributed by atoms with van der Waals surface area (Å²) in [6, 6.07) is -1.76. The SMILES string of the molecule is CC[C@H](C)[C@H](NC(=O)[C@H](CCCN=C(N)N)NC(=O)[C@H](CCCCN)NC(=O)[C@H](CC(C)C)NC(=O)[C@H](CC(C)C)NC(=O)CN)C(=O)N[C@@H](CCCCN)C(=O)N[C@@H](Cc1ccccc1)C(=O)N[C@@H](CC(C)C)C(=O)N[C@@H](CC(C)C)C(N)=O. The van der Waals surface area contributed by atoms with E-state index < -0.39 is 119 Å². The number of nitrogens with zero attached hydrogens (tertiary/aromatic N) is 1. The molecule has 0 fully saturated rings. The molecule has 0 unspecified atom stereocenters. The van der Waals surface area contributed by atoms with Crippen LogP contribution in [0, 0.1) is 29.6 Å². The van der Waals surface area contributed by atoms with Crippen molar-refractivity contribution in [1.82, 2.24) is 47.9 Å². The molecular weight excluding hydrogens is 1090 g/mol. The van der Waals surface area contributed by atoms with E-state index in [9.17, 15) is 47.9 Å². The predicted molar refractivity (Wildman–Crippen MR) is 329 cm³/mol. The van der Waals surface area contributed by atoms with Gasteiger partial charge in [0.05, 0.1) is 6.54 Å². The van der Waals surface area contributed by atoms with Crippen molar-refractivity contribution in [3.63, 3.8) is 0 Å². The highest BCUT2D eigenvalue weighted by molar-refractivity contribution is 5.98. The fourth-order valence-electron chi connectivity index (χ4n) is 9.29. The summed E-state index contributed by atoms with van der Waals surface area (Å²) < 4.78 is 0. The van der Waals surface area contributed by atoms with Crippen molar-refractivity contribution in [3.8, 4) is 0 Å². The maximum atomic E-state index is 14.7. The molecule has 26 heteroatoms. The van der Waals surface area contributed by atoms with Gasteiger partial charge in [-0.2, -0.15) is 0 Å². The van der Waals surface area contributed by atoms with Crippen LogP contribution in [-0.2, 0) is 54.4 Å². The Morgan fingerprint density at radius 1 is 0.424 bits per heavy atom. The lowest BCUT2D eigenvalue weighted by atomic mass is 9.96. The number of rotatable bonds is 43. The molecule has 26 nitrogen and oxygen atoms in total. The van der Waals surface area contributed by atoms with E-state index in [2.05, 4.69) is 52.8 Å². The summed E-state index contributed by atoms with van der Waals surface area (Å²) in [5, 5.41) is 24.9. The van der Waals surface area contributed by atoms with Crippen molar-refractivity contribution in [3.05, 3.63) is 35.9 Å². The van der Waals surface area contributed by atoms with Crippen LogP contribution in [0.2, 0.25) is 0 Å². The number of primary amides is 1. The maximum Gasteiger partial charge on any atom is 0.243 e. The fourth-order valence-corrected chi connectivity index (χ4v) is 9.29. The van der Waals surface area contributed by atoms with Crippen LogP contribution in [0.1, 0.15) is 158 Å². The Kier molecular flexibility index (Phi) is 36.9. The Balaban J connectivity index is 3.73. The molecule has 1 aromatic carbocycles. The molecule has 1 aromatic rings. The molecule has 10 amide bonds. The Labute approximate surface area is 503 Å². The molecule has 0 aliphatic rings. The van der Waals surface area contributed by atoms with Crippen molar-refractivity contribution >= 4 is 65.0 Å². The van der Waals surface area contributed by atoms with Gasteiger partial charge in [0.15, 0.2) is 5.96 Å². The second kappa shape index (κ2) is 41.2. The third-order valence-corrected chi connectivity index (χ3v) is 14.0. The van der Waals surface area contributed by atoms with Crippen LogP contribution in [-0.4, -0.2) is 146 Å². The second-order valence-corrected chi connectivity index (χ2v) is 23.8. The van der Waals surface area contributed by atoms with Gasteiger partial charge >= 0.3 is 0 Å². The molecule has 1 rings (SSSR count). The standard InChI is InChI=1S/C59H106N16O10/c1-11-38(10)49(58(85)70-41(23-16-18-26-61)52(79)74-47(32-39-20-13-12-14-21-39)57(84)73-46(31-37(8)9)56(83)71-43(50(63)77)28-34(2)3)75-53(80)42(24-19-27-66-59(64)65)68-51(78)40(22-15-17-25-60)69-55(82)45(30-36(6)7)72-54(81)44(29-35(4)5)67-48(76)33-62/h12-14,20-21,34-38,40-47,49H,11,15-19,22-33,60-62H2,1-10H3,(H2,63,77)(H,67,76)(H,68,78)(H,69,82)(H,70,85)(H,71,83)(H,72,81)(H,73,84)(H,74,79)(H,75,80)(H4,64,65,66)/t38-,40-,41-,42-,43-,44-,45-,46-,47-,49-/m0/s1. The number of benzene rings is 1. The number of aliphatic imine (C=N–C) groups is 1. The topological polar surface area (TPSA) is 447 Å². The van der Waals surface area contributed by atoms with Crippen molar-refractivity contribution < 1.29 is 47.9 Å². The van der Waals surface area contributed by atoms with E-state index in [1.165, 1.54) is 0 Å². The number of nitrogens with two attached hydrogens (primary N) is 6. The lowest BCUT2D eigenvalue weighted by Gasteiger charge is -2.30. The first kappa shape index (κ1) is 76.1. The van der Waals surface area contributed by atoms with Gasteiger partial charge in [0.25, 0.3) is 0 Å². The summed E-state index contributed by atoms with van der Waals surface area (Å²) in [5.74, 6) is -7.84. The van der Waals surface area contributed by atoms with E-state index in [0.717, 1.165) is 0 Å². The monoisotopic (exact) mass is 1200 g/mol. The van der Waals surface area contributed by atoms with Crippen LogP contribution in [0.15, 0.2) is 35.3 Å². The summed E-state index contributed by atoms with van der Waals surface area (Å²) >= 11 is 0. The van der Waals surface area contributed by atoms with Gasteiger partial charge in [0.1, 0.15) is 54.4 Å². The van der Waals surface area contributed by atoms with Crippen LogP contribution in [0.4, 0.5) is 0 Å². The summed E-state index contributed by atoms with van der Waals surface area (Å²) in [4.78, 5) is 143. The normalized spacial score (nSPS) is 14.9. The molecule has 85 heavy (non-hydrogen) atoms. The molecule has 0 heterocycles. The first-order valence-corrected chi connectivity index (χ1v) is 30.3. The van der Waals surface area contributed by atoms with Gasteiger partial charge in [0, 0.05) is 13.0 Å². The van der Waals surface area contributed by atoms with E-state index in [1.54, 1.807) is 44.2 Å². The minimum atomic E-state index is -1.33. The van der Waals surface area contributed by atoms with Gasteiger partial charge in [-0.3, -0.25) is 52.9 Å². The zero-order valence-corrected chi connectivity index (χ0v) is 52.2. The van der Waals surface area contributed by atoms with Gasteiger partial charge in [-0.25, -0.2) is 0 Å². The predicted octanol–water partition coefficient (Wildman–Crippen LogP) is -0.422. The molecule has 0 saturated heterocycles. The van der Waals surface area contributed by atoms with E-state index in [-0.39, 0.29) is 114 Å². The quantitative estimate of drug-likeness (QED) is 0.0224. The number of unbranched alkanes of at least 4 members (excludes halogenated alkanes) is 2. The Hall–Kier alpha value is -6.93. The summed E-state index contributed by atoms with van der Waals surface area (Å²) in [6.07, 6.45) is 3.27. The molecule has 0 aromatic heterocycles. The minimum Gasteiger partial charge on any atom is -0.370 e. The van der Waals surface area contributed by atoms with E-state index in [0.29, 0.717) is 37.7 Å². The third kappa shape index (κ3) is 31.2. The molecule has 21 N–H and O–H groups in total. The molecular formula is C59H106N16O10. The molecule has 0 radical (unpaired) electrons. The second-order valence-electron chi connectivity index (χ2n) is 23.8. The average Bonchev–Trinajstić information content (AvgIpc) is 3.49. The molecule has 0 bridgehead atoms. The number of nitrogens with one attached hydrogen (secondary N) is 9. The highest BCUT2D eigenvalue weighted by Crippen LogP contribution is 2.16. The third-order valence-electron chi connectivity index (χ3n) is 14.0. The summed E-state index contributed by atoms with van der Waals surface area (Å²) in [7, 11) is 0. The lowest BCUT2D eigenvalue weighted by Crippen LogP contribution is -2.61. The number of hydrogen-bond acceptors (Lipinski definition) is 14. The molecule has 0 aliphatic carbocycles. The van der Waals surface area contributed by atoms with Crippen LogP contribution in [0.25, 0.3) is 0 Å². The highest BCUT2D eigenvalue weighted by atomic mass is 16.2. The Morgan fingerprint density at radius 3 is 1.18 bits per heavy atom. The Bertz CT molecular complexity index is 2280. The van der Waals surface area contributed by atoms with Crippen LogP contribution in [0.5, 0.6) is 0 Å². The molecule has 0 saturated carbocycles. The molecule has 10 atom stereocenters. The first-order valence-electron chi connectivity index (χ1n) is 30.3. The van der Waals surface area contributed by atoms with Crippen molar-refractivity contribution in [2.45, 2.75) is 214 Å². The number of carbonyl (C=O) groups is 10. The zero-order valence-electron chi connectivity index (χ0n) is 52.2. The summed E-state index contributed by atoms with van der Waals surface area (Å²) in [6.45, 7) is 18.7. The smallest absolute Gasteiger partial charge is 0.243 e. The minimum absolute atomic E-state index is 0.0134. The van der Waals surface area contributed by atoms with Crippen LogP contribution < -0.4 is 82.3 Å². The van der Waals surface area contributed by atoms with Crippen molar-refractivity contribution in [1.29, 1.82) is 0 Å². The van der Waals surface area contributed by atoms with Crippen molar-refractivity contribution in [2.24, 2.45) is 69.0 Å². The van der Waals surface area contributed by atoms with E-state index in [4.69, 9.17) is 34.4 Å². The number of carbonyl (C=O) groups excluding carboxylic acids is 10. The number of hydrogen-bond donors (Lipinski definition) is 15. The molecule has 0 aliphatic heterocycles. The van der Waals surface area contributed by atoms with Gasteiger partial charge in [0.2, 0.25) is 59.1 Å². The molecule has 0 spiro atoms. The van der Waals surface area contributed by atoms with Gasteiger partial charge in [-0.15, -0.1) is 0 Å².